The van der Waals surface area contributed by atoms with E-state index < -0.39 is 0 Å². The van der Waals surface area contributed by atoms with E-state index >= 15 is 0 Å². The minimum Gasteiger partial charge on any atom is -0.468 e. The van der Waals surface area contributed by atoms with E-state index in [9.17, 15) is 4.79 Å². The van der Waals surface area contributed by atoms with Gasteiger partial charge in [-0.25, -0.2) is 4.99 Å². The Kier molecular flexibility index (Phi) is 5.69. The van der Waals surface area contributed by atoms with E-state index in [-0.39, 0.29) is 18.6 Å². The van der Waals surface area contributed by atoms with E-state index in [1.165, 1.54) is 7.11 Å². The molecule has 0 radical (unpaired) electrons. The Bertz CT molecular complexity index is 1090. The summed E-state index contributed by atoms with van der Waals surface area (Å²) in [5.41, 5.74) is 3.78. The summed E-state index contributed by atoms with van der Waals surface area (Å²) >= 11 is 9.82. The predicted molar refractivity (Wildman–Crippen MR) is 119 cm³/mol. The zero-order chi connectivity index (χ0) is 20.4. The van der Waals surface area contributed by atoms with Crippen LogP contribution in [-0.4, -0.2) is 30.4 Å². The number of aliphatic imine (C=N–C) groups is 1. The van der Waals surface area contributed by atoms with Crippen molar-refractivity contribution in [3.63, 3.8) is 0 Å². The molecule has 1 atom stereocenters. The topological polar surface area (TPSA) is 41.9 Å². The second-order valence-corrected chi connectivity index (χ2v) is 8.02. The number of benzene rings is 3. The SMILES string of the molecule is COC(=O)CN1C(c2cccc(Cl)c2)=Nc2ccc(Br)cc2[C@H]1c1ccccc1. The van der Waals surface area contributed by atoms with Crippen molar-refractivity contribution in [3.8, 4) is 0 Å². The zero-order valence-electron chi connectivity index (χ0n) is 15.7. The number of fused-ring (bicyclic) bond motifs is 1. The van der Waals surface area contributed by atoms with Gasteiger partial charge in [0, 0.05) is 20.6 Å². The number of carbonyl (C=O) groups is 1. The number of methoxy groups -OCH3 is 1. The molecule has 0 saturated carbocycles. The lowest BCUT2D eigenvalue weighted by Gasteiger charge is -2.38. The number of rotatable bonds is 4. The molecular formula is C23H18BrClN2O2. The van der Waals surface area contributed by atoms with Crippen LogP contribution in [0.5, 0.6) is 0 Å². The lowest BCUT2D eigenvalue weighted by molar-refractivity contribution is -0.141. The lowest BCUT2D eigenvalue weighted by atomic mass is 9.93. The molecule has 29 heavy (non-hydrogen) atoms. The maximum atomic E-state index is 12.3. The number of carbonyl (C=O) groups excluding carboxylic acids is 1. The summed E-state index contributed by atoms with van der Waals surface area (Å²) in [6.45, 7) is 0.0629. The van der Waals surface area contributed by atoms with Crippen LogP contribution in [0.15, 0.2) is 82.3 Å². The molecule has 3 aromatic carbocycles. The number of nitrogens with zero attached hydrogens (tertiary/aromatic N) is 2. The number of amidine groups is 1. The van der Waals surface area contributed by atoms with E-state index in [0.717, 1.165) is 26.9 Å². The first kappa shape index (κ1) is 19.7. The number of halogens is 2. The Hall–Kier alpha value is -2.63. The average Bonchev–Trinajstić information content (AvgIpc) is 2.73. The van der Waals surface area contributed by atoms with Crippen LogP contribution >= 0.6 is 27.5 Å². The summed E-state index contributed by atoms with van der Waals surface area (Å²) in [5.74, 6) is 0.348. The molecule has 0 aliphatic carbocycles. The monoisotopic (exact) mass is 468 g/mol. The molecule has 0 amide bonds. The quantitative estimate of drug-likeness (QED) is 0.456. The maximum absolute atomic E-state index is 12.3. The van der Waals surface area contributed by atoms with Crippen molar-refractivity contribution in [2.75, 3.05) is 13.7 Å². The Balaban J connectivity index is 1.95. The van der Waals surface area contributed by atoms with Gasteiger partial charge >= 0.3 is 5.97 Å². The van der Waals surface area contributed by atoms with Gasteiger partial charge in [0.15, 0.2) is 0 Å². The number of esters is 1. The van der Waals surface area contributed by atoms with Gasteiger partial charge in [-0.05, 0) is 35.9 Å². The second-order valence-electron chi connectivity index (χ2n) is 6.67. The number of hydrogen-bond acceptors (Lipinski definition) is 4. The molecule has 1 aliphatic rings. The van der Waals surface area contributed by atoms with Crippen LogP contribution in [0, 0.1) is 0 Å². The van der Waals surface area contributed by atoms with Crippen LogP contribution in [0.3, 0.4) is 0 Å². The van der Waals surface area contributed by atoms with Crippen molar-refractivity contribution < 1.29 is 9.53 Å². The first-order valence-electron chi connectivity index (χ1n) is 9.09. The van der Waals surface area contributed by atoms with Crippen LogP contribution in [0.2, 0.25) is 5.02 Å². The smallest absolute Gasteiger partial charge is 0.325 e. The molecule has 0 saturated heterocycles. The van der Waals surface area contributed by atoms with Gasteiger partial charge in [0.2, 0.25) is 0 Å². The lowest BCUT2D eigenvalue weighted by Crippen LogP contribution is -2.42. The van der Waals surface area contributed by atoms with E-state index in [1.54, 1.807) is 0 Å². The summed E-state index contributed by atoms with van der Waals surface area (Å²) in [6.07, 6.45) is 0. The van der Waals surface area contributed by atoms with Gasteiger partial charge in [0.1, 0.15) is 12.4 Å². The first-order valence-corrected chi connectivity index (χ1v) is 10.3. The summed E-state index contributed by atoms with van der Waals surface area (Å²) in [5, 5.41) is 0.612. The van der Waals surface area contributed by atoms with E-state index in [4.69, 9.17) is 21.3 Å². The number of hydrogen-bond donors (Lipinski definition) is 0. The maximum Gasteiger partial charge on any atom is 0.325 e. The molecule has 6 heteroatoms. The molecule has 0 spiro atoms. The van der Waals surface area contributed by atoms with Crippen LogP contribution in [0.1, 0.15) is 22.7 Å². The molecule has 1 aliphatic heterocycles. The van der Waals surface area contributed by atoms with Gasteiger partial charge in [0.25, 0.3) is 0 Å². The van der Waals surface area contributed by atoms with Crippen LogP contribution < -0.4 is 0 Å². The second kappa shape index (κ2) is 8.39. The minimum absolute atomic E-state index is 0.0629. The summed E-state index contributed by atoms with van der Waals surface area (Å²) in [7, 11) is 1.39. The highest BCUT2D eigenvalue weighted by molar-refractivity contribution is 9.10. The van der Waals surface area contributed by atoms with Crippen molar-refractivity contribution >= 4 is 45.0 Å². The van der Waals surface area contributed by atoms with Crippen molar-refractivity contribution in [1.29, 1.82) is 0 Å². The van der Waals surface area contributed by atoms with Crippen LogP contribution in [0.4, 0.5) is 5.69 Å². The van der Waals surface area contributed by atoms with E-state index in [1.807, 2.05) is 59.5 Å². The zero-order valence-corrected chi connectivity index (χ0v) is 18.0. The molecule has 0 aromatic heterocycles. The predicted octanol–water partition coefficient (Wildman–Crippen LogP) is 5.76. The highest BCUT2D eigenvalue weighted by Gasteiger charge is 2.33. The third-order valence-corrected chi connectivity index (χ3v) is 5.55. The van der Waals surface area contributed by atoms with Crippen LogP contribution in [-0.2, 0) is 9.53 Å². The van der Waals surface area contributed by atoms with Gasteiger partial charge < -0.3 is 9.64 Å². The Morgan fingerprint density at radius 1 is 1.10 bits per heavy atom. The largest absolute Gasteiger partial charge is 0.468 e. The molecule has 0 bridgehead atoms. The molecule has 4 rings (SSSR count). The third kappa shape index (κ3) is 4.07. The molecule has 0 fully saturated rings. The van der Waals surface area contributed by atoms with Crippen molar-refractivity contribution in [2.45, 2.75) is 6.04 Å². The molecule has 4 nitrogen and oxygen atoms in total. The third-order valence-electron chi connectivity index (χ3n) is 4.82. The summed E-state index contributed by atoms with van der Waals surface area (Å²) in [6, 6.07) is 23.4. The first-order chi connectivity index (χ1) is 14.1. The van der Waals surface area contributed by atoms with Gasteiger partial charge in [-0.3, -0.25) is 4.79 Å². The molecule has 146 valence electrons. The highest BCUT2D eigenvalue weighted by atomic mass is 79.9. The van der Waals surface area contributed by atoms with Gasteiger partial charge in [-0.2, -0.15) is 0 Å². The van der Waals surface area contributed by atoms with Crippen molar-refractivity contribution in [2.24, 2.45) is 4.99 Å². The van der Waals surface area contributed by atoms with Crippen molar-refractivity contribution in [3.05, 3.63) is 99.0 Å². The molecule has 1 heterocycles. The van der Waals surface area contributed by atoms with E-state index in [0.29, 0.717) is 10.9 Å². The summed E-state index contributed by atoms with van der Waals surface area (Å²) in [4.78, 5) is 19.2. The molecule has 3 aromatic rings. The number of ether oxygens (including phenoxy) is 1. The molecule has 0 N–H and O–H groups in total. The van der Waals surface area contributed by atoms with E-state index in [2.05, 4.69) is 34.1 Å². The normalized spacial score (nSPS) is 15.5. The van der Waals surface area contributed by atoms with Crippen LogP contribution in [0.25, 0.3) is 0 Å². The van der Waals surface area contributed by atoms with Gasteiger partial charge in [-0.1, -0.05) is 70.0 Å². The average molecular weight is 470 g/mol. The fraction of sp³-hybridized carbons (Fsp3) is 0.130. The van der Waals surface area contributed by atoms with Gasteiger partial charge in [-0.15, -0.1) is 0 Å². The van der Waals surface area contributed by atoms with Crippen molar-refractivity contribution in [1.82, 2.24) is 4.90 Å². The Morgan fingerprint density at radius 2 is 1.90 bits per heavy atom. The Labute approximate surface area is 182 Å². The fourth-order valence-corrected chi connectivity index (χ4v) is 4.11. The minimum atomic E-state index is -0.334. The Morgan fingerprint density at radius 3 is 2.62 bits per heavy atom. The summed E-state index contributed by atoms with van der Waals surface area (Å²) < 4.78 is 5.94. The van der Waals surface area contributed by atoms with Gasteiger partial charge in [0.05, 0.1) is 18.8 Å². The molecular weight excluding hydrogens is 452 g/mol. The molecule has 0 unspecified atom stereocenters. The standard InChI is InChI=1S/C23H18BrClN2O2/c1-29-21(28)14-27-22(15-6-3-2-4-7-15)19-13-17(24)10-11-20(19)26-23(27)16-8-5-9-18(25)12-16/h2-13,22H,14H2,1H3/t22-/m1/s1. The fourth-order valence-electron chi connectivity index (χ4n) is 3.54. The highest BCUT2D eigenvalue weighted by Crippen LogP contribution is 2.41.